The largest absolute Gasteiger partial charge is 0.477 e. The van der Waals surface area contributed by atoms with Crippen molar-refractivity contribution in [2.45, 2.75) is 16.7 Å². The third kappa shape index (κ3) is 3.83. The molecule has 0 saturated carbocycles. The maximum atomic E-state index is 10.9. The van der Waals surface area contributed by atoms with Crippen LogP contribution in [0.2, 0.25) is 0 Å². The van der Waals surface area contributed by atoms with Gasteiger partial charge in [-0.3, -0.25) is 4.79 Å². The van der Waals surface area contributed by atoms with Crippen molar-refractivity contribution >= 4 is 29.3 Å². The van der Waals surface area contributed by atoms with Crippen molar-refractivity contribution in [3.8, 4) is 0 Å². The highest BCUT2D eigenvalue weighted by Crippen LogP contribution is 2.28. The Morgan fingerprint density at radius 2 is 1.75 bits per heavy atom. The highest BCUT2D eigenvalue weighted by Gasteiger charge is 2.04. The first-order valence-electron chi connectivity index (χ1n) is 5.79. The summed E-state index contributed by atoms with van der Waals surface area (Å²) in [7, 11) is 0. The summed E-state index contributed by atoms with van der Waals surface area (Å²) in [5.74, 6) is -1.15. The fourth-order valence-electron chi connectivity index (χ4n) is 1.51. The van der Waals surface area contributed by atoms with Crippen LogP contribution in [-0.4, -0.2) is 22.0 Å². The zero-order valence-electron chi connectivity index (χ0n) is 10.7. The van der Waals surface area contributed by atoms with Crippen LogP contribution in [0.1, 0.15) is 17.4 Å². The molecule has 6 heteroatoms. The minimum absolute atomic E-state index is 0.0235. The molecule has 1 aromatic carbocycles. The van der Waals surface area contributed by atoms with Gasteiger partial charge in [0.2, 0.25) is 5.91 Å². The average molecular weight is 288 g/mol. The Labute approximate surface area is 120 Å². The third-order valence-corrected chi connectivity index (χ3v) is 3.35. The van der Waals surface area contributed by atoms with E-state index in [1.54, 1.807) is 6.07 Å². The predicted octanol–water partition coefficient (Wildman–Crippen LogP) is 2.89. The second-order valence-electron chi connectivity index (χ2n) is 3.99. The number of pyridine rings is 1. The van der Waals surface area contributed by atoms with Gasteiger partial charge in [0.05, 0.1) is 0 Å². The third-order valence-electron chi connectivity index (χ3n) is 2.37. The molecule has 0 bridgehead atoms. The summed E-state index contributed by atoms with van der Waals surface area (Å²) in [5.41, 5.74) is 0.761. The molecule has 1 aromatic heterocycles. The molecule has 0 spiro atoms. The van der Waals surface area contributed by atoms with Crippen LogP contribution in [0, 0.1) is 0 Å². The second-order valence-corrected chi connectivity index (χ2v) is 5.14. The topological polar surface area (TPSA) is 79.3 Å². The molecule has 102 valence electrons. The number of hydrogen-bond donors (Lipinski definition) is 2. The van der Waals surface area contributed by atoms with E-state index in [0.717, 1.165) is 15.5 Å². The predicted molar refractivity (Wildman–Crippen MR) is 76.1 cm³/mol. The molecule has 0 radical (unpaired) electrons. The molecular weight excluding hydrogens is 276 g/mol. The van der Waals surface area contributed by atoms with E-state index in [-0.39, 0.29) is 11.6 Å². The Kier molecular flexibility index (Phi) is 4.37. The number of amides is 1. The van der Waals surface area contributed by atoms with E-state index in [1.807, 2.05) is 24.3 Å². The minimum Gasteiger partial charge on any atom is -0.477 e. The van der Waals surface area contributed by atoms with Crippen LogP contribution in [0.4, 0.5) is 5.69 Å². The molecule has 1 heterocycles. The standard InChI is InChI=1S/C14H12N2O3S/c1-9(17)16-10-2-4-11(5-3-10)20-12-6-7-13(14(18)19)15-8-12/h2-8H,1H3,(H,16,17)(H,18,19). The lowest BCUT2D eigenvalue weighted by atomic mass is 10.3. The summed E-state index contributed by atoms with van der Waals surface area (Å²) in [5, 5.41) is 11.5. The van der Waals surface area contributed by atoms with Gasteiger partial charge in [0, 0.05) is 28.6 Å². The Morgan fingerprint density at radius 1 is 1.10 bits per heavy atom. The highest BCUT2D eigenvalue weighted by molar-refractivity contribution is 7.99. The molecule has 0 aliphatic heterocycles. The number of carbonyl (C=O) groups excluding carboxylic acids is 1. The first kappa shape index (κ1) is 14.1. The van der Waals surface area contributed by atoms with Gasteiger partial charge in [-0.25, -0.2) is 9.78 Å². The van der Waals surface area contributed by atoms with E-state index in [2.05, 4.69) is 10.3 Å². The molecule has 0 aliphatic rings. The Hall–Kier alpha value is -2.34. The van der Waals surface area contributed by atoms with Gasteiger partial charge in [0.15, 0.2) is 0 Å². The maximum absolute atomic E-state index is 10.9. The molecule has 0 saturated heterocycles. The van der Waals surface area contributed by atoms with Gasteiger partial charge in [-0.1, -0.05) is 11.8 Å². The number of carbonyl (C=O) groups is 2. The lowest BCUT2D eigenvalue weighted by Gasteiger charge is -2.04. The van der Waals surface area contributed by atoms with E-state index in [0.29, 0.717) is 0 Å². The first-order valence-corrected chi connectivity index (χ1v) is 6.61. The molecule has 0 fully saturated rings. The number of hydrogen-bond acceptors (Lipinski definition) is 4. The SMILES string of the molecule is CC(=O)Nc1ccc(Sc2ccc(C(=O)O)nc2)cc1. The van der Waals surface area contributed by atoms with Gasteiger partial charge in [-0.15, -0.1) is 0 Å². The van der Waals surface area contributed by atoms with Gasteiger partial charge in [-0.2, -0.15) is 0 Å². The van der Waals surface area contributed by atoms with E-state index in [4.69, 9.17) is 5.11 Å². The van der Waals surface area contributed by atoms with Crippen LogP contribution in [-0.2, 0) is 4.79 Å². The lowest BCUT2D eigenvalue weighted by molar-refractivity contribution is -0.114. The van der Waals surface area contributed by atoms with Crippen molar-refractivity contribution in [2.75, 3.05) is 5.32 Å². The Balaban J connectivity index is 2.06. The zero-order valence-corrected chi connectivity index (χ0v) is 11.5. The van der Waals surface area contributed by atoms with Crippen molar-refractivity contribution in [1.29, 1.82) is 0 Å². The van der Waals surface area contributed by atoms with Gasteiger partial charge in [-0.05, 0) is 36.4 Å². The first-order chi connectivity index (χ1) is 9.54. The number of carboxylic acids is 1. The number of nitrogens with one attached hydrogen (secondary N) is 1. The van der Waals surface area contributed by atoms with Gasteiger partial charge < -0.3 is 10.4 Å². The van der Waals surface area contributed by atoms with Crippen molar-refractivity contribution in [3.63, 3.8) is 0 Å². The Bertz CT molecular complexity index is 624. The number of carboxylic acid groups (broad SMARTS) is 1. The average Bonchev–Trinajstić information content (AvgIpc) is 2.41. The summed E-state index contributed by atoms with van der Waals surface area (Å²) in [6.45, 7) is 1.46. The number of rotatable bonds is 4. The number of nitrogens with zero attached hydrogens (tertiary/aromatic N) is 1. The molecule has 5 nitrogen and oxygen atoms in total. The molecule has 1 amide bonds. The van der Waals surface area contributed by atoms with Gasteiger partial charge in [0.1, 0.15) is 5.69 Å². The van der Waals surface area contributed by atoms with E-state index in [9.17, 15) is 9.59 Å². The molecule has 2 aromatic rings. The van der Waals surface area contributed by atoms with Crippen LogP contribution in [0.25, 0.3) is 0 Å². The van der Waals surface area contributed by atoms with Crippen molar-refractivity contribution < 1.29 is 14.7 Å². The normalized spacial score (nSPS) is 10.1. The van der Waals surface area contributed by atoms with Crippen LogP contribution < -0.4 is 5.32 Å². The molecule has 2 N–H and O–H groups in total. The van der Waals surface area contributed by atoms with Crippen LogP contribution >= 0.6 is 11.8 Å². The second kappa shape index (κ2) is 6.21. The summed E-state index contributed by atoms with van der Waals surface area (Å²) in [6.07, 6.45) is 1.52. The fourth-order valence-corrected chi connectivity index (χ4v) is 2.30. The van der Waals surface area contributed by atoms with Gasteiger partial charge in [0.25, 0.3) is 0 Å². The van der Waals surface area contributed by atoms with E-state index < -0.39 is 5.97 Å². The number of benzene rings is 1. The summed E-state index contributed by atoms with van der Waals surface area (Å²) < 4.78 is 0. The monoisotopic (exact) mass is 288 g/mol. The van der Waals surface area contributed by atoms with E-state index in [1.165, 1.54) is 30.9 Å². The van der Waals surface area contributed by atoms with Gasteiger partial charge >= 0.3 is 5.97 Å². The maximum Gasteiger partial charge on any atom is 0.354 e. The Morgan fingerprint density at radius 3 is 2.25 bits per heavy atom. The van der Waals surface area contributed by atoms with Crippen molar-refractivity contribution in [2.24, 2.45) is 0 Å². The molecule has 0 unspecified atom stereocenters. The lowest BCUT2D eigenvalue weighted by Crippen LogP contribution is -2.05. The molecule has 0 atom stereocenters. The van der Waals surface area contributed by atoms with Crippen LogP contribution in [0.5, 0.6) is 0 Å². The van der Waals surface area contributed by atoms with Crippen molar-refractivity contribution in [1.82, 2.24) is 4.98 Å². The van der Waals surface area contributed by atoms with E-state index >= 15 is 0 Å². The number of aromatic carboxylic acids is 1. The summed E-state index contributed by atoms with van der Waals surface area (Å²) >= 11 is 1.47. The quantitative estimate of drug-likeness (QED) is 0.904. The molecule has 0 aliphatic carbocycles. The highest BCUT2D eigenvalue weighted by atomic mass is 32.2. The summed E-state index contributed by atoms with van der Waals surface area (Å²) in [4.78, 5) is 27.3. The fraction of sp³-hybridized carbons (Fsp3) is 0.0714. The summed E-state index contributed by atoms with van der Waals surface area (Å²) in [6, 6.07) is 10.5. The van der Waals surface area contributed by atoms with Crippen molar-refractivity contribution in [3.05, 3.63) is 48.3 Å². The molecule has 20 heavy (non-hydrogen) atoms. The number of anilines is 1. The number of aromatic nitrogens is 1. The van der Waals surface area contributed by atoms with Crippen LogP contribution in [0.15, 0.2) is 52.4 Å². The smallest absolute Gasteiger partial charge is 0.354 e. The van der Waals surface area contributed by atoms with Crippen LogP contribution in [0.3, 0.4) is 0 Å². The minimum atomic E-state index is -1.04. The zero-order chi connectivity index (χ0) is 14.5. The molecular formula is C14H12N2O3S. The molecule has 2 rings (SSSR count).